The van der Waals surface area contributed by atoms with Gasteiger partial charge in [0, 0.05) is 28.7 Å². The molecule has 0 spiro atoms. The minimum atomic E-state index is -0.452. The highest BCUT2D eigenvalue weighted by Crippen LogP contribution is 2.34. The Hall–Kier alpha value is -3.64. The monoisotopic (exact) mass is 441 g/mol. The van der Waals surface area contributed by atoms with Gasteiger partial charge in [-0.15, -0.1) is 11.3 Å². The van der Waals surface area contributed by atoms with Gasteiger partial charge in [0.05, 0.1) is 18.0 Å². The molecule has 5 rings (SSSR count). The molecule has 1 atom stereocenters. The first-order valence-corrected chi connectivity index (χ1v) is 11.4. The molecule has 0 fully saturated rings. The van der Waals surface area contributed by atoms with E-state index in [1.165, 1.54) is 5.56 Å². The number of hydrogen-bond acceptors (Lipinski definition) is 4. The maximum atomic E-state index is 13.4. The molecular weight excluding hydrogens is 418 g/mol. The van der Waals surface area contributed by atoms with Gasteiger partial charge in [-0.25, -0.2) is 0 Å². The number of thiophene rings is 1. The smallest absolute Gasteiger partial charge is 0.228 e. The second-order valence-corrected chi connectivity index (χ2v) is 8.92. The first-order valence-electron chi connectivity index (χ1n) is 10.5. The van der Waals surface area contributed by atoms with Crippen molar-refractivity contribution in [2.45, 2.75) is 25.9 Å². The van der Waals surface area contributed by atoms with Crippen LogP contribution < -0.4 is 10.6 Å². The van der Waals surface area contributed by atoms with Gasteiger partial charge in [-0.05, 0) is 65.9 Å². The third kappa shape index (κ3) is 3.97. The lowest BCUT2D eigenvalue weighted by Crippen LogP contribution is -2.22. The summed E-state index contributed by atoms with van der Waals surface area (Å²) in [6.45, 7) is 2.75. The van der Waals surface area contributed by atoms with E-state index in [9.17, 15) is 9.59 Å². The summed E-state index contributed by atoms with van der Waals surface area (Å²) in [7, 11) is 0. The third-order valence-corrected chi connectivity index (χ3v) is 6.74. The number of benzene rings is 2. The van der Waals surface area contributed by atoms with Gasteiger partial charge in [-0.2, -0.15) is 0 Å². The average molecular weight is 442 g/mol. The minimum absolute atomic E-state index is 0.00369. The summed E-state index contributed by atoms with van der Waals surface area (Å²) in [5, 5.41) is 9.44. The Kier molecular flexibility index (Phi) is 5.37. The molecular formula is C26H23N3O2S. The number of rotatable bonds is 5. The summed E-state index contributed by atoms with van der Waals surface area (Å²) < 4.78 is 2.12. The number of hydrogen-bond donors (Lipinski definition) is 2. The fourth-order valence-corrected chi connectivity index (χ4v) is 4.92. The van der Waals surface area contributed by atoms with Crippen LogP contribution in [0, 0.1) is 6.92 Å². The van der Waals surface area contributed by atoms with Gasteiger partial charge < -0.3 is 15.2 Å². The van der Waals surface area contributed by atoms with Gasteiger partial charge in [0.2, 0.25) is 5.91 Å². The van der Waals surface area contributed by atoms with Crippen LogP contribution in [0.1, 0.15) is 38.8 Å². The number of nitrogens with zero attached hydrogens (tertiary/aromatic N) is 1. The maximum Gasteiger partial charge on any atom is 0.228 e. The highest BCUT2D eigenvalue weighted by Gasteiger charge is 2.28. The van der Waals surface area contributed by atoms with Gasteiger partial charge in [-0.1, -0.05) is 24.3 Å². The Morgan fingerprint density at radius 2 is 1.88 bits per heavy atom. The number of Topliss-reactive ketones (excluding diaryl/α,β-unsaturated/α-hetero) is 1. The zero-order chi connectivity index (χ0) is 22.1. The average Bonchev–Trinajstić information content (AvgIpc) is 3.41. The zero-order valence-corrected chi connectivity index (χ0v) is 18.5. The lowest BCUT2D eigenvalue weighted by Gasteiger charge is -2.17. The second-order valence-electron chi connectivity index (χ2n) is 8.01. The highest BCUT2D eigenvalue weighted by atomic mass is 32.1. The van der Waals surface area contributed by atoms with E-state index in [1.54, 1.807) is 35.6 Å². The molecule has 0 aliphatic carbocycles. The van der Waals surface area contributed by atoms with E-state index in [-0.39, 0.29) is 11.7 Å². The van der Waals surface area contributed by atoms with Crippen molar-refractivity contribution in [2.75, 3.05) is 10.6 Å². The molecule has 160 valence electrons. The molecule has 1 amide bonds. The van der Waals surface area contributed by atoms with Crippen LogP contribution in [-0.2, 0) is 17.8 Å². The fourth-order valence-electron chi connectivity index (χ4n) is 4.08. The van der Waals surface area contributed by atoms with Gasteiger partial charge in [-0.3, -0.25) is 9.59 Å². The van der Waals surface area contributed by atoms with Crippen molar-refractivity contribution in [1.82, 2.24) is 4.57 Å². The molecule has 0 saturated heterocycles. The zero-order valence-electron chi connectivity index (χ0n) is 17.7. The fraction of sp³-hybridized carbons (Fsp3) is 0.154. The lowest BCUT2D eigenvalue weighted by atomic mass is 10.0. The van der Waals surface area contributed by atoms with Crippen molar-refractivity contribution in [2.24, 2.45) is 0 Å². The van der Waals surface area contributed by atoms with E-state index < -0.39 is 6.04 Å². The number of aromatic nitrogens is 1. The van der Waals surface area contributed by atoms with Crippen molar-refractivity contribution in [1.29, 1.82) is 0 Å². The Morgan fingerprint density at radius 3 is 2.69 bits per heavy atom. The number of carbonyl (C=O) groups is 2. The molecule has 32 heavy (non-hydrogen) atoms. The Labute approximate surface area is 190 Å². The summed E-state index contributed by atoms with van der Waals surface area (Å²) in [6, 6.07) is 20.6. The summed E-state index contributed by atoms with van der Waals surface area (Å²) in [5.74, 6) is -0.0733. The summed E-state index contributed by atoms with van der Waals surface area (Å²) in [4.78, 5) is 25.8. The first kappa shape index (κ1) is 20.3. The molecule has 6 heteroatoms. The van der Waals surface area contributed by atoms with Crippen LogP contribution in [-0.4, -0.2) is 16.3 Å². The molecule has 1 unspecified atom stereocenters. The molecule has 2 aromatic heterocycles. The van der Waals surface area contributed by atoms with Crippen molar-refractivity contribution >= 4 is 33.7 Å². The molecule has 1 aliphatic rings. The van der Waals surface area contributed by atoms with Crippen LogP contribution in [0.5, 0.6) is 0 Å². The molecule has 2 aromatic carbocycles. The first-order chi connectivity index (χ1) is 15.6. The van der Waals surface area contributed by atoms with E-state index >= 15 is 0 Å². The summed E-state index contributed by atoms with van der Waals surface area (Å²) in [5.41, 5.74) is 5.53. The van der Waals surface area contributed by atoms with Crippen molar-refractivity contribution in [3.8, 4) is 0 Å². The van der Waals surface area contributed by atoms with Gasteiger partial charge in [0.15, 0.2) is 5.78 Å². The highest BCUT2D eigenvalue weighted by molar-refractivity contribution is 7.14. The second kappa shape index (κ2) is 8.48. The predicted octanol–water partition coefficient (Wildman–Crippen LogP) is 5.44. The standard InChI is InChI=1S/C26H23N3O2S/c1-17-5-2-3-6-19(17)15-23(30)27-21-10-8-18(9-11-21)25(31)24-22-7-4-13-29(22)16-20-12-14-32-26(20)28-24/h2-14,24,28H,15-16H2,1H3,(H,27,30). The molecule has 1 aliphatic heterocycles. The van der Waals surface area contributed by atoms with Gasteiger partial charge in [0.25, 0.3) is 0 Å². The topological polar surface area (TPSA) is 63.1 Å². The van der Waals surface area contributed by atoms with Crippen molar-refractivity contribution in [3.63, 3.8) is 0 Å². The van der Waals surface area contributed by atoms with Crippen LogP contribution >= 0.6 is 11.3 Å². The lowest BCUT2D eigenvalue weighted by molar-refractivity contribution is -0.115. The predicted molar refractivity (Wildman–Crippen MR) is 129 cm³/mol. The molecule has 0 saturated carbocycles. The van der Waals surface area contributed by atoms with Crippen LogP contribution in [0.4, 0.5) is 10.7 Å². The summed E-state index contributed by atoms with van der Waals surface area (Å²) >= 11 is 1.62. The van der Waals surface area contributed by atoms with Crippen LogP contribution in [0.25, 0.3) is 0 Å². The van der Waals surface area contributed by atoms with Gasteiger partial charge >= 0.3 is 0 Å². The molecule has 3 heterocycles. The number of aryl methyl sites for hydroxylation is 1. The summed E-state index contributed by atoms with van der Waals surface area (Å²) in [6.07, 6.45) is 2.33. The van der Waals surface area contributed by atoms with Crippen molar-refractivity contribution in [3.05, 3.63) is 106 Å². The number of fused-ring (bicyclic) bond motifs is 2. The van der Waals surface area contributed by atoms with E-state index in [2.05, 4.69) is 21.3 Å². The van der Waals surface area contributed by atoms with Crippen molar-refractivity contribution < 1.29 is 9.59 Å². The van der Waals surface area contributed by atoms with Gasteiger partial charge in [0.1, 0.15) is 6.04 Å². The SMILES string of the molecule is Cc1ccccc1CC(=O)Nc1ccc(C(=O)C2Nc3sccc3Cn3cccc32)cc1. The number of anilines is 2. The van der Waals surface area contributed by atoms with Crippen LogP contribution in [0.15, 0.2) is 78.3 Å². The number of nitrogens with one attached hydrogen (secondary N) is 2. The normalized spacial score (nSPS) is 14.6. The molecule has 0 bridgehead atoms. The van der Waals surface area contributed by atoms with E-state index in [0.29, 0.717) is 17.7 Å². The maximum absolute atomic E-state index is 13.4. The Bertz CT molecular complexity index is 1290. The number of ketones is 1. The van der Waals surface area contributed by atoms with E-state index in [4.69, 9.17) is 0 Å². The Morgan fingerprint density at radius 1 is 1.06 bits per heavy atom. The van der Waals surface area contributed by atoms with E-state index in [0.717, 1.165) is 28.4 Å². The molecule has 0 radical (unpaired) electrons. The minimum Gasteiger partial charge on any atom is -0.362 e. The third-order valence-electron chi connectivity index (χ3n) is 5.85. The number of amides is 1. The van der Waals surface area contributed by atoms with Crippen LogP contribution in [0.2, 0.25) is 0 Å². The Balaban J connectivity index is 1.31. The van der Waals surface area contributed by atoms with E-state index in [1.807, 2.05) is 54.9 Å². The quantitative estimate of drug-likeness (QED) is 0.406. The van der Waals surface area contributed by atoms with Crippen LogP contribution in [0.3, 0.4) is 0 Å². The number of carbonyl (C=O) groups excluding carboxylic acids is 2. The largest absolute Gasteiger partial charge is 0.362 e. The molecule has 4 aromatic rings. The molecule has 2 N–H and O–H groups in total. The molecule has 5 nitrogen and oxygen atoms in total.